The van der Waals surface area contributed by atoms with Crippen molar-refractivity contribution in [3.63, 3.8) is 0 Å². The summed E-state index contributed by atoms with van der Waals surface area (Å²) in [4.78, 5) is 24.4. The van der Waals surface area contributed by atoms with Crippen LogP contribution in [0.25, 0.3) is 0 Å². The molecule has 0 saturated heterocycles. The highest BCUT2D eigenvalue weighted by Gasteiger charge is 2.16. The van der Waals surface area contributed by atoms with Crippen LogP contribution in [0.3, 0.4) is 0 Å². The number of aryl methyl sites for hydroxylation is 1. The number of anilines is 1. The predicted molar refractivity (Wildman–Crippen MR) is 104 cm³/mol. The van der Waals surface area contributed by atoms with E-state index in [-0.39, 0.29) is 30.1 Å². The molecule has 0 bridgehead atoms. The first-order valence-corrected chi connectivity index (χ1v) is 9.55. The van der Waals surface area contributed by atoms with Crippen LogP contribution in [0.2, 0.25) is 0 Å². The average molecular weight is 368 g/mol. The zero-order valence-electron chi connectivity index (χ0n) is 15.3. The lowest BCUT2D eigenvalue weighted by Crippen LogP contribution is -2.36. The van der Waals surface area contributed by atoms with Crippen LogP contribution < -0.4 is 10.6 Å². The molecule has 142 valence electrons. The Balaban J connectivity index is 1.47. The van der Waals surface area contributed by atoms with Crippen molar-refractivity contribution in [2.24, 2.45) is 0 Å². The Morgan fingerprint density at radius 1 is 1.00 bits per heavy atom. The van der Waals surface area contributed by atoms with E-state index in [1.54, 1.807) is 36.4 Å². The summed E-state index contributed by atoms with van der Waals surface area (Å²) in [6, 6.07) is 13.4. The fourth-order valence-corrected chi connectivity index (χ4v) is 3.39. The molecule has 1 saturated carbocycles. The molecular weight excluding hydrogens is 343 g/mol. The van der Waals surface area contributed by atoms with Crippen molar-refractivity contribution in [1.82, 2.24) is 5.32 Å². The Bertz CT molecular complexity index is 783. The minimum Gasteiger partial charge on any atom is -0.349 e. The van der Waals surface area contributed by atoms with Gasteiger partial charge in [-0.1, -0.05) is 31.4 Å². The minimum absolute atomic E-state index is 0.0640. The smallest absolute Gasteiger partial charge is 0.251 e. The zero-order chi connectivity index (χ0) is 19.1. The summed E-state index contributed by atoms with van der Waals surface area (Å²) in [5, 5.41) is 5.89. The van der Waals surface area contributed by atoms with Crippen LogP contribution in [0, 0.1) is 5.82 Å². The molecule has 1 aliphatic carbocycles. The third kappa shape index (κ3) is 5.91. The quantitative estimate of drug-likeness (QED) is 0.791. The Labute approximate surface area is 159 Å². The van der Waals surface area contributed by atoms with Crippen molar-refractivity contribution in [2.45, 2.75) is 51.0 Å². The topological polar surface area (TPSA) is 58.2 Å². The zero-order valence-corrected chi connectivity index (χ0v) is 15.3. The summed E-state index contributed by atoms with van der Waals surface area (Å²) < 4.78 is 13.2. The average Bonchev–Trinajstić information content (AvgIpc) is 2.68. The summed E-state index contributed by atoms with van der Waals surface area (Å²) >= 11 is 0. The Morgan fingerprint density at radius 3 is 2.44 bits per heavy atom. The number of amides is 2. The molecule has 0 heterocycles. The van der Waals surface area contributed by atoms with E-state index < -0.39 is 0 Å². The Hall–Kier alpha value is -2.69. The molecule has 0 aliphatic heterocycles. The molecule has 0 unspecified atom stereocenters. The summed E-state index contributed by atoms with van der Waals surface area (Å²) in [6.45, 7) is 0. The molecule has 4 nitrogen and oxygen atoms in total. The van der Waals surface area contributed by atoms with Crippen molar-refractivity contribution in [3.8, 4) is 0 Å². The highest BCUT2D eigenvalue weighted by atomic mass is 19.1. The van der Waals surface area contributed by atoms with E-state index in [4.69, 9.17) is 0 Å². The van der Waals surface area contributed by atoms with Crippen LogP contribution in [-0.4, -0.2) is 17.9 Å². The molecule has 0 radical (unpaired) electrons. The second kappa shape index (κ2) is 9.31. The van der Waals surface area contributed by atoms with Crippen molar-refractivity contribution in [1.29, 1.82) is 0 Å². The number of hydrogen-bond acceptors (Lipinski definition) is 2. The number of nitrogens with one attached hydrogen (secondary N) is 2. The van der Waals surface area contributed by atoms with Gasteiger partial charge in [-0.05, 0) is 61.2 Å². The van der Waals surface area contributed by atoms with Gasteiger partial charge < -0.3 is 10.6 Å². The van der Waals surface area contributed by atoms with Gasteiger partial charge in [0.1, 0.15) is 5.82 Å². The van der Waals surface area contributed by atoms with E-state index in [0.29, 0.717) is 17.7 Å². The second-order valence-corrected chi connectivity index (χ2v) is 7.06. The lowest BCUT2D eigenvalue weighted by Gasteiger charge is -2.22. The van der Waals surface area contributed by atoms with Crippen LogP contribution in [0.15, 0.2) is 48.5 Å². The maximum absolute atomic E-state index is 13.2. The van der Waals surface area contributed by atoms with Gasteiger partial charge >= 0.3 is 0 Å². The van der Waals surface area contributed by atoms with Gasteiger partial charge in [-0.2, -0.15) is 0 Å². The van der Waals surface area contributed by atoms with Gasteiger partial charge in [-0.15, -0.1) is 0 Å². The molecule has 2 aromatic carbocycles. The van der Waals surface area contributed by atoms with Crippen molar-refractivity contribution in [2.75, 3.05) is 5.32 Å². The first-order valence-electron chi connectivity index (χ1n) is 9.55. The van der Waals surface area contributed by atoms with Gasteiger partial charge in [-0.3, -0.25) is 9.59 Å². The van der Waals surface area contributed by atoms with Gasteiger partial charge in [0.2, 0.25) is 5.91 Å². The van der Waals surface area contributed by atoms with E-state index in [2.05, 4.69) is 10.6 Å². The van der Waals surface area contributed by atoms with E-state index >= 15 is 0 Å². The second-order valence-electron chi connectivity index (χ2n) is 7.06. The van der Waals surface area contributed by atoms with Crippen LogP contribution in [0.4, 0.5) is 10.1 Å². The van der Waals surface area contributed by atoms with Gasteiger partial charge in [-0.25, -0.2) is 4.39 Å². The molecule has 0 spiro atoms. The Morgan fingerprint density at radius 2 is 1.74 bits per heavy atom. The minimum atomic E-state index is -0.296. The molecule has 1 aliphatic rings. The lowest BCUT2D eigenvalue weighted by molar-refractivity contribution is -0.116. The van der Waals surface area contributed by atoms with Crippen molar-refractivity contribution < 1.29 is 14.0 Å². The predicted octanol–water partition coefficient (Wildman–Crippen LogP) is 4.46. The highest BCUT2D eigenvalue weighted by molar-refractivity contribution is 5.96. The fourth-order valence-electron chi connectivity index (χ4n) is 3.39. The molecule has 2 N–H and O–H groups in total. The molecule has 1 fully saturated rings. The van der Waals surface area contributed by atoms with Gasteiger partial charge in [0.15, 0.2) is 0 Å². The molecule has 2 aromatic rings. The number of rotatable bonds is 6. The van der Waals surface area contributed by atoms with Crippen LogP contribution in [0.1, 0.15) is 54.4 Å². The van der Waals surface area contributed by atoms with Crippen LogP contribution >= 0.6 is 0 Å². The standard InChI is InChI=1S/C22H25FN2O2/c23-18-6-4-5-16(15-18)9-14-21(26)24-20-12-10-17(11-13-20)22(27)25-19-7-2-1-3-8-19/h4-6,10-13,15,19H,1-3,7-9,14H2,(H,24,26)(H,25,27). The maximum atomic E-state index is 13.2. The van der Waals surface area contributed by atoms with Gasteiger partial charge in [0.25, 0.3) is 5.91 Å². The van der Waals surface area contributed by atoms with E-state index in [0.717, 1.165) is 18.4 Å². The number of benzene rings is 2. The molecule has 0 aromatic heterocycles. The SMILES string of the molecule is O=C(CCc1cccc(F)c1)Nc1ccc(C(=O)NC2CCCCC2)cc1. The molecule has 0 atom stereocenters. The lowest BCUT2D eigenvalue weighted by atomic mass is 9.95. The molecule has 3 rings (SSSR count). The summed E-state index contributed by atoms with van der Waals surface area (Å²) in [7, 11) is 0. The number of carbonyl (C=O) groups is 2. The third-order valence-electron chi connectivity index (χ3n) is 4.90. The first kappa shape index (κ1) is 19.1. The van der Waals surface area contributed by atoms with E-state index in [1.165, 1.54) is 31.4 Å². The molecule has 2 amide bonds. The molecule has 27 heavy (non-hydrogen) atoms. The summed E-state index contributed by atoms with van der Waals surface area (Å²) in [5.41, 5.74) is 2.03. The summed E-state index contributed by atoms with van der Waals surface area (Å²) in [5.74, 6) is -0.500. The third-order valence-corrected chi connectivity index (χ3v) is 4.90. The largest absolute Gasteiger partial charge is 0.349 e. The van der Waals surface area contributed by atoms with Crippen molar-refractivity contribution in [3.05, 3.63) is 65.5 Å². The van der Waals surface area contributed by atoms with Crippen LogP contribution in [-0.2, 0) is 11.2 Å². The normalized spacial score (nSPS) is 14.6. The maximum Gasteiger partial charge on any atom is 0.251 e. The Kier molecular flexibility index (Phi) is 6.58. The number of carbonyl (C=O) groups excluding carboxylic acids is 2. The first-order chi connectivity index (χ1) is 13.1. The fraction of sp³-hybridized carbons (Fsp3) is 0.364. The van der Waals surface area contributed by atoms with Crippen LogP contribution in [0.5, 0.6) is 0 Å². The summed E-state index contributed by atoms with van der Waals surface area (Å²) in [6.07, 6.45) is 6.44. The number of halogens is 1. The van der Waals surface area contributed by atoms with Gasteiger partial charge in [0.05, 0.1) is 0 Å². The monoisotopic (exact) mass is 368 g/mol. The van der Waals surface area contributed by atoms with Crippen molar-refractivity contribution >= 4 is 17.5 Å². The van der Waals surface area contributed by atoms with E-state index in [1.807, 2.05) is 0 Å². The highest BCUT2D eigenvalue weighted by Crippen LogP contribution is 2.18. The molecule has 5 heteroatoms. The molecular formula is C22H25FN2O2. The number of hydrogen-bond donors (Lipinski definition) is 2. The van der Waals surface area contributed by atoms with Gasteiger partial charge in [0, 0.05) is 23.7 Å². The van der Waals surface area contributed by atoms with E-state index in [9.17, 15) is 14.0 Å².